The maximum atomic E-state index is 14.6. The van der Waals surface area contributed by atoms with Crippen molar-refractivity contribution in [3.8, 4) is 0 Å². The second kappa shape index (κ2) is 8.81. The van der Waals surface area contributed by atoms with Gasteiger partial charge in [-0.1, -0.05) is 6.07 Å². The summed E-state index contributed by atoms with van der Waals surface area (Å²) in [6, 6.07) is 8.23. The van der Waals surface area contributed by atoms with Crippen molar-refractivity contribution in [2.75, 3.05) is 13.1 Å². The molecule has 1 aromatic heterocycles. The van der Waals surface area contributed by atoms with E-state index in [1.165, 1.54) is 11.0 Å². The number of nitrogens with one attached hydrogen (secondary N) is 1. The van der Waals surface area contributed by atoms with Gasteiger partial charge in [0, 0.05) is 32.0 Å². The summed E-state index contributed by atoms with van der Waals surface area (Å²) < 4.78 is 20.3. The number of likely N-dealkylation sites (tertiary alicyclic amines) is 1. The minimum absolute atomic E-state index is 0.139. The lowest BCUT2D eigenvalue weighted by molar-refractivity contribution is -0.136. The lowest BCUT2D eigenvalue weighted by Crippen LogP contribution is -2.52. The molecule has 0 aliphatic carbocycles. The number of piperidine rings is 2. The highest BCUT2D eigenvalue weighted by Gasteiger charge is 2.41. The number of hydrogen-bond acceptors (Lipinski definition) is 6. The molecule has 36 heavy (non-hydrogen) atoms. The highest BCUT2D eigenvalue weighted by atomic mass is 19.1. The Morgan fingerprint density at radius 3 is 2.69 bits per heavy atom. The lowest BCUT2D eigenvalue weighted by atomic mass is 9.85. The van der Waals surface area contributed by atoms with Crippen LogP contribution in [0.2, 0.25) is 0 Å². The second-order valence-electron chi connectivity index (χ2n) is 10.0. The van der Waals surface area contributed by atoms with Crippen molar-refractivity contribution in [3.63, 3.8) is 0 Å². The van der Waals surface area contributed by atoms with E-state index in [-0.39, 0.29) is 30.7 Å². The normalized spacial score (nSPS) is 21.3. The zero-order valence-corrected chi connectivity index (χ0v) is 20.1. The van der Waals surface area contributed by atoms with Crippen molar-refractivity contribution >= 4 is 28.8 Å². The number of carbonyl (C=O) groups excluding carboxylic acids is 3. The van der Waals surface area contributed by atoms with Crippen molar-refractivity contribution in [2.24, 2.45) is 0 Å². The predicted molar refractivity (Wildman–Crippen MR) is 128 cm³/mol. The standard InChI is InChI=1S/C27H27FN4O4/c1-15-29-22-3-2-16(10-24(22)36-15)13-31-8-6-17(7-9-31)19-11-18(28)12-20-21(19)14-32(27(20)35)23-4-5-25(33)30-26(23)34/h2-3,10-12,17,23H,4-9,13-14H2,1H3,(H,30,33,34). The fourth-order valence-electron chi connectivity index (χ4n) is 5.86. The van der Waals surface area contributed by atoms with Gasteiger partial charge in [-0.25, -0.2) is 9.37 Å². The van der Waals surface area contributed by atoms with Gasteiger partial charge in [-0.3, -0.25) is 24.6 Å². The number of rotatable bonds is 4. The van der Waals surface area contributed by atoms with E-state index < -0.39 is 17.8 Å². The van der Waals surface area contributed by atoms with Gasteiger partial charge in [0.05, 0.1) is 0 Å². The highest BCUT2D eigenvalue weighted by Crippen LogP contribution is 2.38. The minimum Gasteiger partial charge on any atom is -0.441 e. The highest BCUT2D eigenvalue weighted by molar-refractivity contribution is 6.05. The first-order valence-corrected chi connectivity index (χ1v) is 12.4. The van der Waals surface area contributed by atoms with Crippen LogP contribution in [0, 0.1) is 12.7 Å². The van der Waals surface area contributed by atoms with Crippen LogP contribution in [0.15, 0.2) is 34.7 Å². The molecule has 3 amide bonds. The van der Waals surface area contributed by atoms with Gasteiger partial charge in [0.2, 0.25) is 11.8 Å². The van der Waals surface area contributed by atoms with Crippen LogP contribution in [0.4, 0.5) is 4.39 Å². The van der Waals surface area contributed by atoms with E-state index in [0.29, 0.717) is 17.9 Å². The summed E-state index contributed by atoms with van der Waals surface area (Å²) >= 11 is 0. The molecule has 6 rings (SSSR count). The van der Waals surface area contributed by atoms with Crippen LogP contribution < -0.4 is 5.32 Å². The van der Waals surface area contributed by atoms with Crippen LogP contribution >= 0.6 is 0 Å². The Balaban J connectivity index is 1.16. The van der Waals surface area contributed by atoms with Crippen LogP contribution in [-0.2, 0) is 22.7 Å². The second-order valence-corrected chi connectivity index (χ2v) is 10.0. The van der Waals surface area contributed by atoms with E-state index in [2.05, 4.69) is 21.3 Å². The number of carbonyl (C=O) groups is 3. The molecule has 0 bridgehead atoms. The van der Waals surface area contributed by atoms with Crippen molar-refractivity contribution in [1.29, 1.82) is 0 Å². The molecule has 2 fully saturated rings. The minimum atomic E-state index is -0.703. The molecular formula is C27H27FN4O4. The Labute approximate surface area is 207 Å². The molecule has 186 valence electrons. The van der Waals surface area contributed by atoms with Crippen LogP contribution in [0.5, 0.6) is 0 Å². The molecule has 0 radical (unpaired) electrons. The topological polar surface area (TPSA) is 95.8 Å². The quantitative estimate of drug-likeness (QED) is 0.563. The van der Waals surface area contributed by atoms with Gasteiger partial charge in [0.1, 0.15) is 17.4 Å². The maximum Gasteiger partial charge on any atom is 0.255 e. The summed E-state index contributed by atoms with van der Waals surface area (Å²) in [6.45, 7) is 4.62. The number of fused-ring (bicyclic) bond motifs is 2. The number of oxazole rings is 1. The molecule has 0 spiro atoms. The van der Waals surface area contributed by atoms with E-state index in [4.69, 9.17) is 4.42 Å². The summed E-state index contributed by atoms with van der Waals surface area (Å²) in [4.78, 5) is 45.3. The molecular weight excluding hydrogens is 463 g/mol. The Bertz CT molecular complexity index is 1390. The molecule has 8 nitrogen and oxygen atoms in total. The summed E-state index contributed by atoms with van der Waals surface area (Å²) in [5, 5.41) is 2.32. The fourth-order valence-corrected chi connectivity index (χ4v) is 5.86. The van der Waals surface area contributed by atoms with Crippen molar-refractivity contribution < 1.29 is 23.2 Å². The van der Waals surface area contributed by atoms with Crippen LogP contribution in [0.25, 0.3) is 11.1 Å². The number of halogens is 1. The SMILES string of the molecule is Cc1nc2ccc(CN3CCC(c4cc(F)cc5c4CN(C4CCC(=O)NC4=O)C5=O)CC3)cc2o1. The zero-order chi connectivity index (χ0) is 25.0. The summed E-state index contributed by atoms with van der Waals surface area (Å²) in [5.41, 5.74) is 4.83. The average molecular weight is 491 g/mol. The molecule has 1 unspecified atom stereocenters. The largest absolute Gasteiger partial charge is 0.441 e. The van der Waals surface area contributed by atoms with Crippen LogP contribution in [0.3, 0.4) is 0 Å². The van der Waals surface area contributed by atoms with Gasteiger partial charge in [-0.05, 0) is 79.2 Å². The Morgan fingerprint density at radius 2 is 1.92 bits per heavy atom. The molecule has 3 aliphatic heterocycles. The third kappa shape index (κ3) is 4.07. The van der Waals surface area contributed by atoms with Crippen molar-refractivity contribution in [2.45, 2.75) is 57.7 Å². The van der Waals surface area contributed by atoms with Gasteiger partial charge in [-0.2, -0.15) is 0 Å². The van der Waals surface area contributed by atoms with Gasteiger partial charge in [0.15, 0.2) is 11.5 Å². The maximum absolute atomic E-state index is 14.6. The molecule has 3 aliphatic rings. The number of nitrogens with zero attached hydrogens (tertiary/aromatic N) is 3. The summed E-state index contributed by atoms with van der Waals surface area (Å²) in [6.07, 6.45) is 2.19. The zero-order valence-electron chi connectivity index (χ0n) is 20.1. The first kappa shape index (κ1) is 22.8. The number of hydrogen-bond donors (Lipinski definition) is 1. The van der Waals surface area contributed by atoms with Gasteiger partial charge in [-0.15, -0.1) is 0 Å². The molecule has 4 heterocycles. The third-order valence-electron chi connectivity index (χ3n) is 7.65. The molecule has 0 saturated carbocycles. The van der Waals surface area contributed by atoms with E-state index in [1.807, 2.05) is 19.1 Å². The molecule has 3 aromatic rings. The number of amides is 3. The van der Waals surface area contributed by atoms with Crippen LogP contribution in [0.1, 0.15) is 64.5 Å². The fraction of sp³-hybridized carbons (Fsp3) is 0.407. The van der Waals surface area contributed by atoms with E-state index in [9.17, 15) is 18.8 Å². The van der Waals surface area contributed by atoms with E-state index in [0.717, 1.165) is 60.3 Å². The predicted octanol–water partition coefficient (Wildman–Crippen LogP) is 3.42. The summed E-state index contributed by atoms with van der Waals surface area (Å²) in [7, 11) is 0. The smallest absolute Gasteiger partial charge is 0.255 e. The van der Waals surface area contributed by atoms with Gasteiger partial charge < -0.3 is 9.32 Å². The first-order chi connectivity index (χ1) is 17.4. The molecule has 9 heteroatoms. The Hall–Kier alpha value is -3.59. The lowest BCUT2D eigenvalue weighted by Gasteiger charge is -2.33. The van der Waals surface area contributed by atoms with Crippen LogP contribution in [-0.4, -0.2) is 51.6 Å². The monoisotopic (exact) mass is 490 g/mol. The molecule has 2 saturated heterocycles. The Morgan fingerprint density at radius 1 is 1.11 bits per heavy atom. The average Bonchev–Trinajstić information content (AvgIpc) is 3.38. The molecule has 2 aromatic carbocycles. The molecule has 1 N–H and O–H groups in total. The molecule has 1 atom stereocenters. The Kier molecular flexibility index (Phi) is 5.59. The first-order valence-electron chi connectivity index (χ1n) is 12.4. The summed E-state index contributed by atoms with van der Waals surface area (Å²) in [5.74, 6) is -0.757. The third-order valence-corrected chi connectivity index (χ3v) is 7.65. The number of imide groups is 1. The number of aryl methyl sites for hydroxylation is 1. The van der Waals surface area contributed by atoms with Gasteiger partial charge in [0.25, 0.3) is 5.91 Å². The van der Waals surface area contributed by atoms with E-state index >= 15 is 0 Å². The number of aromatic nitrogens is 1. The van der Waals surface area contributed by atoms with Gasteiger partial charge >= 0.3 is 0 Å². The number of benzene rings is 2. The van der Waals surface area contributed by atoms with E-state index in [1.54, 1.807) is 6.07 Å². The van der Waals surface area contributed by atoms with Crippen molar-refractivity contribution in [1.82, 2.24) is 20.1 Å². The van der Waals surface area contributed by atoms with Crippen molar-refractivity contribution in [3.05, 3.63) is 64.3 Å².